The van der Waals surface area contributed by atoms with Crippen molar-refractivity contribution >= 4 is 17.6 Å². The van der Waals surface area contributed by atoms with Crippen molar-refractivity contribution < 1.29 is 19.4 Å². The summed E-state index contributed by atoms with van der Waals surface area (Å²) >= 11 is 0. The number of aryl methyl sites for hydroxylation is 3. The number of carboxylic acids is 1. The maximum atomic E-state index is 12.9. The Bertz CT molecular complexity index is 1090. The molecule has 154 valence electrons. The van der Waals surface area contributed by atoms with E-state index in [4.69, 9.17) is 9.84 Å². The van der Waals surface area contributed by atoms with Crippen molar-refractivity contribution in [1.82, 2.24) is 0 Å². The zero-order valence-corrected chi connectivity index (χ0v) is 17.4. The second kappa shape index (κ2) is 9.27. The summed E-state index contributed by atoms with van der Waals surface area (Å²) < 4.78 is 5.88. The van der Waals surface area contributed by atoms with Crippen LogP contribution < -0.4 is 10.1 Å². The van der Waals surface area contributed by atoms with Gasteiger partial charge in [0.2, 0.25) is 0 Å². The number of aliphatic carboxylic acids is 1. The molecule has 0 radical (unpaired) electrons. The predicted molar refractivity (Wildman–Crippen MR) is 117 cm³/mol. The normalized spacial score (nSPS) is 10.5. The molecule has 0 saturated carbocycles. The van der Waals surface area contributed by atoms with E-state index in [0.29, 0.717) is 29.2 Å². The lowest BCUT2D eigenvalue weighted by atomic mass is 10.1. The van der Waals surface area contributed by atoms with Gasteiger partial charge in [-0.15, -0.1) is 0 Å². The van der Waals surface area contributed by atoms with E-state index in [0.717, 1.165) is 16.7 Å². The van der Waals surface area contributed by atoms with Crippen LogP contribution >= 0.6 is 0 Å². The van der Waals surface area contributed by atoms with E-state index >= 15 is 0 Å². The maximum Gasteiger partial charge on any atom is 0.307 e. The fourth-order valence-electron chi connectivity index (χ4n) is 3.24. The molecule has 0 saturated heterocycles. The number of nitrogens with one attached hydrogen (secondary N) is 1. The number of ether oxygens (including phenoxy) is 1. The first-order valence-electron chi connectivity index (χ1n) is 9.73. The van der Waals surface area contributed by atoms with Crippen molar-refractivity contribution in [3.8, 4) is 5.75 Å². The third-order valence-electron chi connectivity index (χ3n) is 4.84. The molecule has 0 aliphatic carbocycles. The van der Waals surface area contributed by atoms with Gasteiger partial charge in [0.15, 0.2) is 0 Å². The lowest BCUT2D eigenvalue weighted by Gasteiger charge is -2.13. The molecule has 0 bridgehead atoms. The molecule has 3 aromatic carbocycles. The lowest BCUT2D eigenvalue weighted by Crippen LogP contribution is -2.14. The van der Waals surface area contributed by atoms with Crippen LogP contribution in [0.15, 0.2) is 60.7 Å². The van der Waals surface area contributed by atoms with Gasteiger partial charge in [0, 0.05) is 11.3 Å². The van der Waals surface area contributed by atoms with Gasteiger partial charge in [-0.2, -0.15) is 0 Å². The van der Waals surface area contributed by atoms with Crippen LogP contribution in [0.25, 0.3) is 0 Å². The van der Waals surface area contributed by atoms with Crippen LogP contribution in [0.2, 0.25) is 0 Å². The van der Waals surface area contributed by atoms with E-state index < -0.39 is 5.97 Å². The SMILES string of the molecule is Cc1cccc(COc2ccc(C)c(C(=O)Nc3ccc(CC(=O)O)cc3C)c2)c1. The second-order valence-corrected chi connectivity index (χ2v) is 7.43. The van der Waals surface area contributed by atoms with E-state index in [1.807, 2.05) is 51.1 Å². The van der Waals surface area contributed by atoms with Gasteiger partial charge in [0.1, 0.15) is 12.4 Å². The average molecular weight is 403 g/mol. The fraction of sp³-hybridized carbons (Fsp3) is 0.200. The van der Waals surface area contributed by atoms with Crippen LogP contribution in [-0.2, 0) is 17.8 Å². The van der Waals surface area contributed by atoms with Gasteiger partial charge in [-0.1, -0.05) is 48.0 Å². The Hall–Kier alpha value is -3.60. The Morgan fingerprint density at radius 1 is 0.900 bits per heavy atom. The highest BCUT2D eigenvalue weighted by Crippen LogP contribution is 2.22. The number of carbonyl (C=O) groups excluding carboxylic acids is 1. The van der Waals surface area contributed by atoms with E-state index in [-0.39, 0.29) is 12.3 Å². The number of rotatable bonds is 7. The third kappa shape index (κ3) is 5.47. The van der Waals surface area contributed by atoms with Crippen LogP contribution in [0, 0.1) is 20.8 Å². The van der Waals surface area contributed by atoms with Crippen molar-refractivity contribution in [2.24, 2.45) is 0 Å². The molecular weight excluding hydrogens is 378 g/mol. The van der Waals surface area contributed by atoms with E-state index in [2.05, 4.69) is 11.4 Å². The minimum absolute atomic E-state index is 0.0471. The summed E-state index contributed by atoms with van der Waals surface area (Å²) in [6, 6.07) is 18.8. The smallest absolute Gasteiger partial charge is 0.307 e. The first-order valence-corrected chi connectivity index (χ1v) is 9.73. The van der Waals surface area contributed by atoms with Crippen molar-refractivity contribution in [2.45, 2.75) is 33.8 Å². The Labute approximate surface area is 176 Å². The van der Waals surface area contributed by atoms with Gasteiger partial charge in [0.25, 0.3) is 5.91 Å². The van der Waals surface area contributed by atoms with E-state index in [9.17, 15) is 9.59 Å². The van der Waals surface area contributed by atoms with Crippen LogP contribution in [0.1, 0.15) is 38.2 Å². The van der Waals surface area contributed by atoms with Crippen LogP contribution in [0.3, 0.4) is 0 Å². The quantitative estimate of drug-likeness (QED) is 0.577. The highest BCUT2D eigenvalue weighted by Gasteiger charge is 2.13. The molecule has 0 aromatic heterocycles. The van der Waals surface area contributed by atoms with Crippen molar-refractivity contribution in [3.05, 3.63) is 94.0 Å². The summed E-state index contributed by atoms with van der Waals surface area (Å²) in [4.78, 5) is 23.7. The number of carbonyl (C=O) groups is 2. The number of carboxylic acid groups (broad SMARTS) is 1. The molecule has 30 heavy (non-hydrogen) atoms. The standard InChI is InChI=1S/C25H25NO4/c1-16-5-4-6-20(11-16)15-30-21-9-7-17(2)22(14-21)25(29)26-23-10-8-19(12-18(23)3)13-24(27)28/h4-12,14H,13,15H2,1-3H3,(H,26,29)(H,27,28). The Morgan fingerprint density at radius 2 is 1.70 bits per heavy atom. The summed E-state index contributed by atoms with van der Waals surface area (Å²) in [6.07, 6.45) is -0.0471. The van der Waals surface area contributed by atoms with Gasteiger partial charge >= 0.3 is 5.97 Å². The predicted octanol–water partition coefficient (Wildman–Crippen LogP) is 5.07. The molecule has 5 heteroatoms. The molecule has 1 amide bonds. The van der Waals surface area contributed by atoms with Gasteiger partial charge in [-0.25, -0.2) is 0 Å². The van der Waals surface area contributed by atoms with Gasteiger partial charge in [-0.3, -0.25) is 9.59 Å². The number of benzene rings is 3. The second-order valence-electron chi connectivity index (χ2n) is 7.43. The monoisotopic (exact) mass is 403 g/mol. The van der Waals surface area contributed by atoms with E-state index in [1.54, 1.807) is 24.3 Å². The molecule has 0 aliphatic rings. The first-order chi connectivity index (χ1) is 14.3. The molecule has 0 fully saturated rings. The number of hydrogen-bond acceptors (Lipinski definition) is 3. The highest BCUT2D eigenvalue weighted by molar-refractivity contribution is 6.05. The molecule has 0 unspecified atom stereocenters. The Balaban J connectivity index is 1.72. The first kappa shape index (κ1) is 21.1. The minimum Gasteiger partial charge on any atom is -0.489 e. The summed E-state index contributed by atoms with van der Waals surface area (Å²) in [6.45, 7) is 6.18. The third-order valence-corrected chi connectivity index (χ3v) is 4.84. The number of hydrogen-bond donors (Lipinski definition) is 2. The molecule has 0 aliphatic heterocycles. The van der Waals surface area contributed by atoms with E-state index in [1.165, 1.54) is 5.56 Å². The largest absolute Gasteiger partial charge is 0.489 e. The van der Waals surface area contributed by atoms with Crippen LogP contribution in [-0.4, -0.2) is 17.0 Å². The van der Waals surface area contributed by atoms with Crippen molar-refractivity contribution in [2.75, 3.05) is 5.32 Å². The Kier molecular flexibility index (Phi) is 6.52. The minimum atomic E-state index is -0.885. The molecule has 2 N–H and O–H groups in total. The molecule has 0 atom stereocenters. The average Bonchev–Trinajstić information content (AvgIpc) is 2.69. The molecule has 0 heterocycles. The fourth-order valence-corrected chi connectivity index (χ4v) is 3.24. The lowest BCUT2D eigenvalue weighted by molar-refractivity contribution is -0.136. The van der Waals surface area contributed by atoms with Crippen LogP contribution in [0.5, 0.6) is 5.75 Å². The molecule has 3 aromatic rings. The Morgan fingerprint density at radius 3 is 2.40 bits per heavy atom. The van der Waals surface area contributed by atoms with Crippen molar-refractivity contribution in [3.63, 3.8) is 0 Å². The summed E-state index contributed by atoms with van der Waals surface area (Å²) in [5, 5.41) is 11.8. The van der Waals surface area contributed by atoms with Gasteiger partial charge in [-0.05, 0) is 61.2 Å². The van der Waals surface area contributed by atoms with Crippen molar-refractivity contribution in [1.29, 1.82) is 0 Å². The maximum absolute atomic E-state index is 12.9. The molecule has 5 nitrogen and oxygen atoms in total. The number of amides is 1. The van der Waals surface area contributed by atoms with Crippen LogP contribution in [0.4, 0.5) is 5.69 Å². The van der Waals surface area contributed by atoms with Gasteiger partial charge < -0.3 is 15.2 Å². The zero-order chi connectivity index (χ0) is 21.7. The molecule has 0 spiro atoms. The molecule has 3 rings (SSSR count). The number of anilines is 1. The topological polar surface area (TPSA) is 75.6 Å². The zero-order valence-electron chi connectivity index (χ0n) is 17.4. The molecular formula is C25H25NO4. The highest BCUT2D eigenvalue weighted by atomic mass is 16.5. The summed E-state index contributed by atoms with van der Waals surface area (Å²) in [5.41, 5.74) is 5.77. The summed E-state index contributed by atoms with van der Waals surface area (Å²) in [7, 11) is 0. The van der Waals surface area contributed by atoms with Gasteiger partial charge in [0.05, 0.1) is 6.42 Å². The summed E-state index contributed by atoms with van der Waals surface area (Å²) in [5.74, 6) is -0.493.